The highest BCUT2D eigenvalue weighted by atomic mass is 35.5. The molecule has 15 heavy (non-hydrogen) atoms. The summed E-state index contributed by atoms with van der Waals surface area (Å²) in [4.78, 5) is 12.8. The number of amides is 1. The van der Waals surface area contributed by atoms with Crippen molar-refractivity contribution in [3.05, 3.63) is 0 Å². The van der Waals surface area contributed by atoms with Gasteiger partial charge in [-0.2, -0.15) is 8.42 Å². The van der Waals surface area contributed by atoms with E-state index in [-0.39, 0.29) is 25.0 Å². The van der Waals surface area contributed by atoms with Gasteiger partial charge in [0.05, 0.1) is 6.61 Å². The van der Waals surface area contributed by atoms with E-state index in [4.69, 9.17) is 16.2 Å². The molecule has 1 N–H and O–H groups in total. The van der Waals surface area contributed by atoms with E-state index in [2.05, 4.69) is 4.18 Å². The third-order valence-electron chi connectivity index (χ3n) is 2.11. The van der Waals surface area contributed by atoms with Crippen molar-refractivity contribution in [1.82, 2.24) is 4.90 Å². The standard InChI is InChI=1S/C7H12ClNO5S/c8-4-6-3-7(10)9(5-6)1-2-14-15(11,12)13/h6H,1-5H2,(H,11,12,13). The lowest BCUT2D eigenvalue weighted by Crippen LogP contribution is -2.29. The van der Waals surface area contributed by atoms with Gasteiger partial charge in [0.25, 0.3) is 0 Å². The Hall–Kier alpha value is -0.370. The van der Waals surface area contributed by atoms with Crippen LogP contribution in [0.5, 0.6) is 0 Å². The molecule has 1 heterocycles. The molecular weight excluding hydrogens is 246 g/mol. The summed E-state index contributed by atoms with van der Waals surface area (Å²) >= 11 is 5.60. The summed E-state index contributed by atoms with van der Waals surface area (Å²) in [7, 11) is -4.42. The molecule has 0 radical (unpaired) electrons. The average Bonchev–Trinajstić information content (AvgIpc) is 2.45. The first-order valence-electron chi connectivity index (χ1n) is 4.38. The molecule has 1 aliphatic rings. The second kappa shape index (κ2) is 5.11. The molecule has 0 aromatic carbocycles. The number of hydrogen-bond donors (Lipinski definition) is 1. The predicted octanol–water partition coefficient (Wildman–Crippen LogP) is -0.107. The molecular formula is C7H12ClNO5S. The Balaban J connectivity index is 2.31. The molecule has 0 bridgehead atoms. The Labute approximate surface area is 93.1 Å². The molecule has 0 aliphatic carbocycles. The normalized spacial score (nSPS) is 22.4. The largest absolute Gasteiger partial charge is 0.397 e. The van der Waals surface area contributed by atoms with Gasteiger partial charge in [-0.3, -0.25) is 9.35 Å². The SMILES string of the molecule is O=C1CC(CCl)CN1CCOS(=O)(=O)O. The number of likely N-dealkylation sites (tertiary alicyclic amines) is 1. The van der Waals surface area contributed by atoms with Crippen LogP contribution in [0.2, 0.25) is 0 Å². The maximum absolute atomic E-state index is 11.3. The second-order valence-corrected chi connectivity index (χ2v) is 4.71. The number of carbonyl (C=O) groups excluding carboxylic acids is 1. The third kappa shape index (κ3) is 4.33. The Morgan fingerprint density at radius 2 is 2.27 bits per heavy atom. The van der Waals surface area contributed by atoms with Crippen LogP contribution in [0.15, 0.2) is 0 Å². The van der Waals surface area contributed by atoms with Crippen LogP contribution < -0.4 is 0 Å². The van der Waals surface area contributed by atoms with Gasteiger partial charge in [-0.1, -0.05) is 0 Å². The molecule has 1 aliphatic heterocycles. The van der Waals surface area contributed by atoms with Crippen LogP contribution >= 0.6 is 11.6 Å². The molecule has 0 aromatic heterocycles. The van der Waals surface area contributed by atoms with E-state index in [0.717, 1.165) is 0 Å². The maximum Gasteiger partial charge on any atom is 0.397 e. The Kier molecular flexibility index (Phi) is 4.32. The van der Waals surface area contributed by atoms with Crippen molar-refractivity contribution < 1.29 is 21.9 Å². The van der Waals surface area contributed by atoms with Crippen LogP contribution in [-0.2, 0) is 19.4 Å². The number of rotatable bonds is 5. The summed E-state index contributed by atoms with van der Waals surface area (Å²) in [6, 6.07) is 0. The van der Waals surface area contributed by atoms with Crippen LogP contribution in [0.4, 0.5) is 0 Å². The first-order valence-corrected chi connectivity index (χ1v) is 6.28. The van der Waals surface area contributed by atoms with Gasteiger partial charge in [0.2, 0.25) is 5.91 Å². The van der Waals surface area contributed by atoms with Crippen molar-refractivity contribution >= 4 is 27.9 Å². The summed E-state index contributed by atoms with van der Waals surface area (Å²) in [6.45, 7) is 0.419. The van der Waals surface area contributed by atoms with Crippen molar-refractivity contribution in [3.63, 3.8) is 0 Å². The van der Waals surface area contributed by atoms with Crippen LogP contribution in [0.25, 0.3) is 0 Å². The van der Waals surface area contributed by atoms with Gasteiger partial charge >= 0.3 is 10.4 Å². The molecule has 1 rings (SSSR count). The van der Waals surface area contributed by atoms with Gasteiger partial charge in [0, 0.05) is 25.4 Å². The van der Waals surface area contributed by atoms with Crippen molar-refractivity contribution in [2.75, 3.05) is 25.6 Å². The first kappa shape index (κ1) is 12.7. The van der Waals surface area contributed by atoms with E-state index in [0.29, 0.717) is 18.8 Å². The van der Waals surface area contributed by atoms with E-state index in [9.17, 15) is 13.2 Å². The summed E-state index contributed by atoms with van der Waals surface area (Å²) in [5.74, 6) is 0.450. The number of halogens is 1. The van der Waals surface area contributed by atoms with Gasteiger partial charge < -0.3 is 4.90 Å². The Bertz CT molecular complexity index is 330. The van der Waals surface area contributed by atoms with Gasteiger partial charge in [-0.05, 0) is 5.92 Å². The smallest absolute Gasteiger partial charge is 0.340 e. The Morgan fingerprint density at radius 3 is 2.73 bits per heavy atom. The molecule has 0 saturated carbocycles. The van der Waals surface area contributed by atoms with Crippen molar-refractivity contribution in [2.24, 2.45) is 5.92 Å². The highest BCUT2D eigenvalue weighted by Gasteiger charge is 2.28. The third-order valence-corrected chi connectivity index (χ3v) is 3.01. The molecule has 0 aromatic rings. The molecule has 1 atom stereocenters. The number of alkyl halides is 1. The first-order chi connectivity index (χ1) is 6.92. The molecule has 1 amide bonds. The van der Waals surface area contributed by atoms with Crippen LogP contribution in [0, 0.1) is 5.92 Å². The van der Waals surface area contributed by atoms with Crippen LogP contribution in [0.1, 0.15) is 6.42 Å². The average molecular weight is 258 g/mol. The zero-order chi connectivity index (χ0) is 11.5. The van der Waals surface area contributed by atoms with E-state index >= 15 is 0 Å². The van der Waals surface area contributed by atoms with Crippen molar-refractivity contribution in [1.29, 1.82) is 0 Å². The second-order valence-electron chi connectivity index (χ2n) is 3.31. The minimum absolute atomic E-state index is 0.0698. The lowest BCUT2D eigenvalue weighted by Gasteiger charge is -2.15. The topological polar surface area (TPSA) is 83.9 Å². The van der Waals surface area contributed by atoms with Crippen molar-refractivity contribution in [2.45, 2.75) is 6.42 Å². The van der Waals surface area contributed by atoms with E-state index in [1.54, 1.807) is 0 Å². The van der Waals surface area contributed by atoms with Gasteiger partial charge in [0.15, 0.2) is 0 Å². The molecule has 0 spiro atoms. The lowest BCUT2D eigenvalue weighted by molar-refractivity contribution is -0.128. The molecule has 1 fully saturated rings. The molecule has 6 nitrogen and oxygen atoms in total. The summed E-state index contributed by atoms with van der Waals surface area (Å²) in [5, 5.41) is 0. The van der Waals surface area contributed by atoms with E-state index in [1.165, 1.54) is 4.90 Å². The quantitative estimate of drug-likeness (QED) is 0.549. The lowest BCUT2D eigenvalue weighted by atomic mass is 10.2. The Morgan fingerprint density at radius 1 is 1.60 bits per heavy atom. The number of nitrogens with zero attached hydrogens (tertiary/aromatic N) is 1. The summed E-state index contributed by atoms with van der Waals surface area (Å²) in [6.07, 6.45) is 0.384. The van der Waals surface area contributed by atoms with E-state index < -0.39 is 10.4 Å². The monoisotopic (exact) mass is 257 g/mol. The predicted molar refractivity (Wildman–Crippen MR) is 52.9 cm³/mol. The fourth-order valence-electron chi connectivity index (χ4n) is 1.43. The minimum atomic E-state index is -4.42. The summed E-state index contributed by atoms with van der Waals surface area (Å²) < 4.78 is 32.8. The number of hydrogen-bond acceptors (Lipinski definition) is 4. The molecule has 1 saturated heterocycles. The van der Waals surface area contributed by atoms with Gasteiger partial charge in [-0.25, -0.2) is 4.18 Å². The van der Waals surface area contributed by atoms with Crippen LogP contribution in [0.3, 0.4) is 0 Å². The summed E-state index contributed by atoms with van der Waals surface area (Å²) in [5.41, 5.74) is 0. The van der Waals surface area contributed by atoms with Gasteiger partial charge in [-0.15, -0.1) is 11.6 Å². The molecule has 1 unspecified atom stereocenters. The zero-order valence-electron chi connectivity index (χ0n) is 7.93. The fraction of sp³-hybridized carbons (Fsp3) is 0.857. The molecule has 88 valence electrons. The number of carbonyl (C=O) groups is 1. The minimum Gasteiger partial charge on any atom is -0.340 e. The van der Waals surface area contributed by atoms with Crippen molar-refractivity contribution in [3.8, 4) is 0 Å². The van der Waals surface area contributed by atoms with E-state index in [1.807, 2.05) is 0 Å². The maximum atomic E-state index is 11.3. The molecule has 8 heteroatoms. The van der Waals surface area contributed by atoms with Gasteiger partial charge in [0.1, 0.15) is 0 Å². The highest BCUT2D eigenvalue weighted by molar-refractivity contribution is 7.80. The highest BCUT2D eigenvalue weighted by Crippen LogP contribution is 2.18. The van der Waals surface area contributed by atoms with Crippen LogP contribution in [-0.4, -0.2) is 49.4 Å². The zero-order valence-corrected chi connectivity index (χ0v) is 9.50. The fourth-order valence-corrected chi connectivity index (χ4v) is 1.92.